The normalized spacial score (nSPS) is 10.0. The number of hydrogen-bond donors (Lipinski definition) is 2. The van der Waals surface area contributed by atoms with Gasteiger partial charge in [-0.15, -0.1) is 0 Å². The van der Waals surface area contributed by atoms with Gasteiger partial charge in [-0.25, -0.2) is 14.8 Å². The largest absolute Gasteiger partial charge is 0.496 e. The molecule has 0 bridgehead atoms. The van der Waals surface area contributed by atoms with E-state index < -0.39 is 5.97 Å². The van der Waals surface area contributed by atoms with E-state index in [0.29, 0.717) is 11.6 Å². The van der Waals surface area contributed by atoms with E-state index in [-0.39, 0.29) is 16.3 Å². The van der Waals surface area contributed by atoms with E-state index in [1.54, 1.807) is 18.5 Å². The number of aromatic carboxylic acids is 1. The van der Waals surface area contributed by atoms with E-state index in [1.165, 1.54) is 19.2 Å². The molecule has 0 unspecified atom stereocenters. The molecule has 0 aliphatic carbocycles. The van der Waals surface area contributed by atoms with Crippen molar-refractivity contribution in [2.45, 2.75) is 0 Å². The number of aromatic nitrogens is 2. The number of hydrogen-bond acceptors (Lipinski definition) is 5. The van der Waals surface area contributed by atoms with E-state index in [2.05, 4.69) is 15.3 Å². The maximum atomic E-state index is 11.0. The minimum atomic E-state index is -1.11. The van der Waals surface area contributed by atoms with Crippen molar-refractivity contribution in [1.82, 2.24) is 9.97 Å². The second kappa shape index (κ2) is 5.53. The highest BCUT2D eigenvalue weighted by Crippen LogP contribution is 2.32. The third-order valence-electron chi connectivity index (χ3n) is 2.33. The van der Waals surface area contributed by atoms with Crippen LogP contribution in [0.15, 0.2) is 30.6 Å². The van der Waals surface area contributed by atoms with Crippen LogP contribution in [-0.2, 0) is 0 Å². The quantitative estimate of drug-likeness (QED) is 0.895. The van der Waals surface area contributed by atoms with Gasteiger partial charge in [-0.1, -0.05) is 11.6 Å². The van der Waals surface area contributed by atoms with Crippen LogP contribution in [0, 0.1) is 0 Å². The van der Waals surface area contributed by atoms with Crippen LogP contribution in [0.5, 0.6) is 5.75 Å². The molecule has 6 nitrogen and oxygen atoms in total. The summed E-state index contributed by atoms with van der Waals surface area (Å²) >= 11 is 6.02. The molecule has 0 radical (unpaired) electrons. The zero-order chi connectivity index (χ0) is 13.8. The van der Waals surface area contributed by atoms with Gasteiger partial charge in [0.1, 0.15) is 11.3 Å². The van der Waals surface area contributed by atoms with Crippen LogP contribution in [0.4, 0.5) is 11.6 Å². The zero-order valence-electron chi connectivity index (χ0n) is 9.92. The fourth-order valence-electron chi connectivity index (χ4n) is 1.47. The van der Waals surface area contributed by atoms with Crippen molar-refractivity contribution in [3.05, 3.63) is 41.2 Å². The van der Waals surface area contributed by atoms with Gasteiger partial charge in [-0.2, -0.15) is 0 Å². The van der Waals surface area contributed by atoms with Gasteiger partial charge < -0.3 is 15.2 Å². The Labute approximate surface area is 114 Å². The smallest absolute Gasteiger partial charge is 0.339 e. The minimum Gasteiger partial charge on any atom is -0.496 e. The summed E-state index contributed by atoms with van der Waals surface area (Å²) < 4.78 is 5.02. The maximum Gasteiger partial charge on any atom is 0.339 e. The Morgan fingerprint density at radius 2 is 2.05 bits per heavy atom. The van der Waals surface area contributed by atoms with Gasteiger partial charge in [0.05, 0.1) is 17.8 Å². The molecule has 1 aromatic heterocycles. The van der Waals surface area contributed by atoms with Gasteiger partial charge >= 0.3 is 5.97 Å². The van der Waals surface area contributed by atoms with Crippen LogP contribution in [-0.4, -0.2) is 28.2 Å². The van der Waals surface area contributed by atoms with Crippen molar-refractivity contribution in [3.8, 4) is 5.75 Å². The number of ether oxygens (including phenoxy) is 1. The number of anilines is 2. The summed E-state index contributed by atoms with van der Waals surface area (Å²) in [4.78, 5) is 19.0. The molecule has 1 aromatic carbocycles. The third-order valence-corrected chi connectivity index (χ3v) is 2.64. The number of nitrogens with zero attached hydrogens (tertiary/aromatic N) is 2. The minimum absolute atomic E-state index is 0.00738. The molecule has 0 aliphatic rings. The second-order valence-corrected chi connectivity index (χ2v) is 3.94. The summed E-state index contributed by atoms with van der Waals surface area (Å²) in [6.45, 7) is 0. The van der Waals surface area contributed by atoms with Crippen LogP contribution in [0.1, 0.15) is 10.4 Å². The van der Waals surface area contributed by atoms with Crippen molar-refractivity contribution < 1.29 is 14.6 Å². The maximum absolute atomic E-state index is 11.0. The molecule has 98 valence electrons. The lowest BCUT2D eigenvalue weighted by Gasteiger charge is -2.11. The summed E-state index contributed by atoms with van der Waals surface area (Å²) in [5, 5.41) is 12.1. The number of carbonyl (C=O) groups is 1. The summed E-state index contributed by atoms with van der Waals surface area (Å²) in [7, 11) is 1.39. The molecule has 0 saturated heterocycles. The highest BCUT2D eigenvalue weighted by Gasteiger charge is 2.15. The molecule has 2 N–H and O–H groups in total. The first kappa shape index (κ1) is 13.1. The molecule has 1 heterocycles. The molecule has 19 heavy (non-hydrogen) atoms. The van der Waals surface area contributed by atoms with E-state index >= 15 is 0 Å². The summed E-state index contributed by atoms with van der Waals surface area (Å²) in [5.74, 6) is -0.550. The Morgan fingerprint density at radius 3 is 2.63 bits per heavy atom. The number of carboxylic acid groups (broad SMARTS) is 1. The first-order chi connectivity index (χ1) is 9.11. The fraction of sp³-hybridized carbons (Fsp3) is 0.0833. The number of nitrogens with one attached hydrogen (secondary N) is 1. The Balaban J connectivity index is 2.39. The molecule has 0 saturated carbocycles. The van der Waals surface area contributed by atoms with Crippen LogP contribution in [0.3, 0.4) is 0 Å². The molecule has 2 aromatic rings. The Kier molecular flexibility index (Phi) is 3.82. The average molecular weight is 280 g/mol. The van der Waals surface area contributed by atoms with Gasteiger partial charge in [0.15, 0.2) is 0 Å². The molecule has 0 fully saturated rings. The summed E-state index contributed by atoms with van der Waals surface area (Å²) in [6, 6.07) is 4.48. The number of methoxy groups -OCH3 is 1. The lowest BCUT2D eigenvalue weighted by atomic mass is 10.2. The van der Waals surface area contributed by atoms with E-state index in [0.717, 1.165) is 0 Å². The van der Waals surface area contributed by atoms with E-state index in [9.17, 15) is 4.79 Å². The van der Waals surface area contributed by atoms with Crippen molar-refractivity contribution in [1.29, 1.82) is 0 Å². The molecule has 2 rings (SSSR count). The van der Waals surface area contributed by atoms with E-state index in [4.69, 9.17) is 21.4 Å². The van der Waals surface area contributed by atoms with E-state index in [1.807, 2.05) is 0 Å². The monoisotopic (exact) mass is 279 g/mol. The number of halogens is 1. The highest BCUT2D eigenvalue weighted by molar-refractivity contribution is 6.33. The highest BCUT2D eigenvalue weighted by atomic mass is 35.5. The van der Waals surface area contributed by atoms with Crippen LogP contribution in [0.25, 0.3) is 0 Å². The Bertz CT molecular complexity index is 605. The van der Waals surface area contributed by atoms with Crippen LogP contribution >= 0.6 is 11.6 Å². The zero-order valence-corrected chi connectivity index (χ0v) is 10.7. The number of carboxylic acids is 1. The van der Waals surface area contributed by atoms with Crippen LogP contribution in [0.2, 0.25) is 5.02 Å². The third kappa shape index (κ3) is 2.92. The number of rotatable bonds is 4. The van der Waals surface area contributed by atoms with Crippen molar-refractivity contribution in [2.75, 3.05) is 12.4 Å². The lowest BCUT2D eigenvalue weighted by molar-refractivity contribution is 0.0693. The topological polar surface area (TPSA) is 84.3 Å². The van der Waals surface area contributed by atoms with Gasteiger partial charge in [-0.3, -0.25) is 0 Å². The van der Waals surface area contributed by atoms with Gasteiger partial charge in [0.2, 0.25) is 5.95 Å². The summed E-state index contributed by atoms with van der Waals surface area (Å²) in [5.41, 5.74) is 0.460. The van der Waals surface area contributed by atoms with Gasteiger partial charge in [0, 0.05) is 18.5 Å². The van der Waals surface area contributed by atoms with Crippen molar-refractivity contribution in [3.63, 3.8) is 0 Å². The lowest BCUT2D eigenvalue weighted by Crippen LogP contribution is -2.03. The molecule has 7 heteroatoms. The van der Waals surface area contributed by atoms with Crippen LogP contribution < -0.4 is 10.1 Å². The Morgan fingerprint density at radius 1 is 1.37 bits per heavy atom. The number of benzene rings is 1. The predicted octanol–water partition coefficient (Wildman–Crippen LogP) is 2.58. The molecule has 0 aliphatic heterocycles. The van der Waals surface area contributed by atoms with Gasteiger partial charge in [0.25, 0.3) is 0 Å². The second-order valence-electron chi connectivity index (χ2n) is 3.53. The average Bonchev–Trinajstić information content (AvgIpc) is 2.41. The predicted molar refractivity (Wildman–Crippen MR) is 70.3 cm³/mol. The standard InChI is InChI=1S/C12H10ClN3O3/c1-19-10-6-9(8(13)5-7(10)11(17)18)16-12-14-3-2-4-15-12/h2-6H,1H3,(H,17,18)(H,14,15,16). The first-order valence-electron chi connectivity index (χ1n) is 5.26. The van der Waals surface area contributed by atoms with Crippen molar-refractivity contribution >= 4 is 29.2 Å². The molecule has 0 atom stereocenters. The SMILES string of the molecule is COc1cc(Nc2ncccn2)c(Cl)cc1C(=O)O. The van der Waals surface area contributed by atoms with Gasteiger partial charge in [-0.05, 0) is 12.1 Å². The molecular formula is C12H10ClN3O3. The first-order valence-corrected chi connectivity index (χ1v) is 5.64. The molecular weight excluding hydrogens is 270 g/mol. The Hall–Kier alpha value is -2.34. The molecule has 0 amide bonds. The molecule has 0 spiro atoms. The summed E-state index contributed by atoms with van der Waals surface area (Å²) in [6.07, 6.45) is 3.15. The van der Waals surface area contributed by atoms with Crippen molar-refractivity contribution in [2.24, 2.45) is 0 Å². The fourth-order valence-corrected chi connectivity index (χ4v) is 1.68.